The minimum atomic E-state index is 0.296. The lowest BCUT2D eigenvalue weighted by Crippen LogP contribution is -2.26. The Balaban J connectivity index is 1.95. The Morgan fingerprint density at radius 1 is 1.47 bits per heavy atom. The van der Waals surface area contributed by atoms with Crippen molar-refractivity contribution in [2.45, 2.75) is 31.8 Å². The maximum absolute atomic E-state index is 5.98. The number of rotatable bonds is 7. The van der Waals surface area contributed by atoms with Crippen molar-refractivity contribution in [3.63, 3.8) is 0 Å². The lowest BCUT2D eigenvalue weighted by molar-refractivity contribution is 0.229. The third-order valence-corrected chi connectivity index (χ3v) is 4.24. The predicted molar refractivity (Wildman–Crippen MR) is 82.8 cm³/mol. The van der Waals surface area contributed by atoms with Crippen LogP contribution in [0.4, 0.5) is 0 Å². The van der Waals surface area contributed by atoms with Crippen LogP contribution < -0.4 is 10.1 Å². The fourth-order valence-corrected chi connectivity index (χ4v) is 2.48. The van der Waals surface area contributed by atoms with Crippen LogP contribution in [-0.2, 0) is 0 Å². The fourth-order valence-electron chi connectivity index (χ4n) is 2.14. The summed E-state index contributed by atoms with van der Waals surface area (Å²) in [5.41, 5.74) is 1.21. The van der Waals surface area contributed by atoms with Crippen molar-refractivity contribution in [2.24, 2.45) is 0 Å². The molecule has 0 spiro atoms. The highest BCUT2D eigenvalue weighted by molar-refractivity contribution is 9.10. The molecule has 19 heavy (non-hydrogen) atoms. The molecule has 1 aromatic carbocycles. The lowest BCUT2D eigenvalue weighted by Gasteiger charge is -2.19. The molecule has 106 valence electrons. The van der Waals surface area contributed by atoms with Crippen molar-refractivity contribution in [2.75, 3.05) is 27.2 Å². The van der Waals surface area contributed by atoms with Crippen LogP contribution in [0.5, 0.6) is 5.75 Å². The van der Waals surface area contributed by atoms with Gasteiger partial charge >= 0.3 is 0 Å². The quantitative estimate of drug-likeness (QED) is 0.832. The number of benzene rings is 1. The maximum atomic E-state index is 5.98. The zero-order chi connectivity index (χ0) is 13.8. The van der Waals surface area contributed by atoms with Gasteiger partial charge < -0.3 is 15.0 Å². The second-order valence-corrected chi connectivity index (χ2v) is 6.17. The maximum Gasteiger partial charge on any atom is 0.125 e. The highest BCUT2D eigenvalue weighted by Crippen LogP contribution is 2.29. The van der Waals surface area contributed by atoms with Gasteiger partial charge in [0.05, 0.1) is 0 Å². The van der Waals surface area contributed by atoms with Crippen molar-refractivity contribution >= 4 is 15.9 Å². The molecule has 0 heterocycles. The molecule has 0 radical (unpaired) electrons. The summed E-state index contributed by atoms with van der Waals surface area (Å²) in [6, 6.07) is 7.32. The van der Waals surface area contributed by atoms with Gasteiger partial charge in [-0.3, -0.25) is 0 Å². The van der Waals surface area contributed by atoms with E-state index in [1.807, 2.05) is 7.05 Å². The smallest absolute Gasteiger partial charge is 0.125 e. The first kappa shape index (κ1) is 14.8. The van der Waals surface area contributed by atoms with E-state index >= 15 is 0 Å². The first-order chi connectivity index (χ1) is 9.11. The van der Waals surface area contributed by atoms with Crippen LogP contribution in [0.25, 0.3) is 0 Å². The standard InChI is InChI=1S/C15H23BrN2O/c1-11(17-2)14-7-4-12(16)10-15(14)19-9-8-18(3)13-5-6-13/h4,7,10-11,13,17H,5-6,8-9H2,1-3H3. The van der Waals surface area contributed by atoms with Gasteiger partial charge in [-0.1, -0.05) is 22.0 Å². The number of likely N-dealkylation sites (N-methyl/N-ethyl adjacent to an activating group) is 1. The minimum absolute atomic E-state index is 0.296. The van der Waals surface area contributed by atoms with E-state index in [-0.39, 0.29) is 0 Å². The zero-order valence-electron chi connectivity index (χ0n) is 11.9. The molecule has 1 N–H and O–H groups in total. The average molecular weight is 327 g/mol. The molecular weight excluding hydrogens is 304 g/mol. The highest BCUT2D eigenvalue weighted by atomic mass is 79.9. The first-order valence-corrected chi connectivity index (χ1v) is 7.71. The van der Waals surface area contributed by atoms with Gasteiger partial charge in [0.15, 0.2) is 0 Å². The molecule has 1 saturated carbocycles. The Bertz CT molecular complexity index is 421. The summed E-state index contributed by atoms with van der Waals surface area (Å²) in [5, 5.41) is 3.26. The predicted octanol–water partition coefficient (Wildman–Crippen LogP) is 3.20. The second kappa shape index (κ2) is 6.73. The molecule has 1 aliphatic rings. The summed E-state index contributed by atoms with van der Waals surface area (Å²) in [5.74, 6) is 0.973. The Morgan fingerprint density at radius 2 is 2.21 bits per heavy atom. The Hall–Kier alpha value is -0.580. The van der Waals surface area contributed by atoms with Gasteiger partial charge in [-0.2, -0.15) is 0 Å². The van der Waals surface area contributed by atoms with E-state index in [1.54, 1.807) is 0 Å². The summed E-state index contributed by atoms with van der Waals surface area (Å²) in [7, 11) is 4.15. The summed E-state index contributed by atoms with van der Waals surface area (Å²) < 4.78 is 7.04. The van der Waals surface area contributed by atoms with E-state index in [0.29, 0.717) is 6.04 Å². The molecule has 0 aromatic heterocycles. The molecule has 1 unspecified atom stereocenters. The molecule has 0 bridgehead atoms. The van der Waals surface area contributed by atoms with Gasteiger partial charge in [0, 0.05) is 28.7 Å². The largest absolute Gasteiger partial charge is 0.492 e. The molecule has 0 aliphatic heterocycles. The molecule has 2 rings (SSSR count). The second-order valence-electron chi connectivity index (χ2n) is 5.25. The van der Waals surface area contributed by atoms with Crippen molar-refractivity contribution in [3.8, 4) is 5.75 Å². The molecule has 1 aliphatic carbocycles. The number of ether oxygens (including phenoxy) is 1. The van der Waals surface area contributed by atoms with Crippen LogP contribution in [0.3, 0.4) is 0 Å². The monoisotopic (exact) mass is 326 g/mol. The minimum Gasteiger partial charge on any atom is -0.492 e. The third kappa shape index (κ3) is 4.20. The van der Waals surface area contributed by atoms with Gasteiger partial charge in [0.25, 0.3) is 0 Å². The summed E-state index contributed by atoms with van der Waals surface area (Å²) in [4.78, 5) is 2.39. The summed E-state index contributed by atoms with van der Waals surface area (Å²) in [6.07, 6.45) is 2.69. The van der Waals surface area contributed by atoms with E-state index in [9.17, 15) is 0 Å². The topological polar surface area (TPSA) is 24.5 Å². The van der Waals surface area contributed by atoms with E-state index in [1.165, 1.54) is 18.4 Å². The van der Waals surface area contributed by atoms with Gasteiger partial charge in [0.2, 0.25) is 0 Å². The molecule has 4 heteroatoms. The van der Waals surface area contributed by atoms with E-state index < -0.39 is 0 Å². The molecule has 0 saturated heterocycles. The van der Waals surface area contributed by atoms with Crippen molar-refractivity contribution in [3.05, 3.63) is 28.2 Å². The van der Waals surface area contributed by atoms with E-state index in [4.69, 9.17) is 4.74 Å². The number of nitrogens with one attached hydrogen (secondary N) is 1. The first-order valence-electron chi connectivity index (χ1n) is 6.91. The molecule has 1 aromatic rings. The molecular formula is C15H23BrN2O. The van der Waals surface area contributed by atoms with Crippen molar-refractivity contribution in [1.29, 1.82) is 0 Å². The fraction of sp³-hybridized carbons (Fsp3) is 0.600. The van der Waals surface area contributed by atoms with Gasteiger partial charge in [0.1, 0.15) is 12.4 Å². The molecule has 1 fully saturated rings. The normalized spacial score (nSPS) is 16.7. The third-order valence-electron chi connectivity index (χ3n) is 3.75. The van der Waals surface area contributed by atoms with Crippen LogP contribution in [-0.4, -0.2) is 38.2 Å². The van der Waals surface area contributed by atoms with Crippen LogP contribution in [0, 0.1) is 0 Å². The highest BCUT2D eigenvalue weighted by Gasteiger charge is 2.25. The Morgan fingerprint density at radius 3 is 2.84 bits per heavy atom. The number of hydrogen-bond acceptors (Lipinski definition) is 3. The number of hydrogen-bond donors (Lipinski definition) is 1. The Kier molecular flexibility index (Phi) is 5.25. The lowest BCUT2D eigenvalue weighted by atomic mass is 10.1. The van der Waals surface area contributed by atoms with Crippen LogP contribution in [0.1, 0.15) is 31.4 Å². The van der Waals surface area contributed by atoms with Crippen molar-refractivity contribution < 1.29 is 4.74 Å². The van der Waals surface area contributed by atoms with Gasteiger partial charge in [-0.15, -0.1) is 0 Å². The van der Waals surface area contributed by atoms with Crippen molar-refractivity contribution in [1.82, 2.24) is 10.2 Å². The number of halogens is 1. The zero-order valence-corrected chi connectivity index (χ0v) is 13.5. The van der Waals surface area contributed by atoms with Crippen LogP contribution >= 0.6 is 15.9 Å². The SMILES string of the molecule is CNC(C)c1ccc(Br)cc1OCCN(C)C1CC1. The van der Waals surface area contributed by atoms with E-state index in [0.717, 1.165) is 29.4 Å². The summed E-state index contributed by atoms with van der Waals surface area (Å²) >= 11 is 3.51. The van der Waals surface area contributed by atoms with Crippen LogP contribution in [0.2, 0.25) is 0 Å². The van der Waals surface area contributed by atoms with Crippen LogP contribution in [0.15, 0.2) is 22.7 Å². The number of nitrogens with zero attached hydrogens (tertiary/aromatic N) is 1. The van der Waals surface area contributed by atoms with Gasteiger partial charge in [-0.05, 0) is 46.0 Å². The molecule has 3 nitrogen and oxygen atoms in total. The molecule has 1 atom stereocenters. The Labute approximate surface area is 124 Å². The van der Waals surface area contributed by atoms with E-state index in [2.05, 4.69) is 58.3 Å². The van der Waals surface area contributed by atoms with Gasteiger partial charge in [-0.25, -0.2) is 0 Å². The average Bonchev–Trinajstić information content (AvgIpc) is 3.22. The summed E-state index contributed by atoms with van der Waals surface area (Å²) in [6.45, 7) is 3.88. The molecule has 0 amide bonds.